The van der Waals surface area contributed by atoms with E-state index in [0.717, 1.165) is 32.9 Å². The molecule has 2 N–H and O–H groups in total. The van der Waals surface area contributed by atoms with Crippen molar-refractivity contribution in [1.29, 1.82) is 0 Å². The standard InChI is InChI=1S/C21H24BrN3O2S2/c1-12-11-14(6-7-15(12)25-13(2)5-10-18(25)28)23-20(27)21(3,4)24-19(26)16-8-9-17(22)29-16/h6-9,11,13H,5,10H2,1-4H3,(H,23,27)(H,24,26). The summed E-state index contributed by atoms with van der Waals surface area (Å²) in [5.74, 6) is -0.553. The highest BCUT2D eigenvalue weighted by Crippen LogP contribution is 2.31. The van der Waals surface area contributed by atoms with Gasteiger partial charge in [0.15, 0.2) is 0 Å². The van der Waals surface area contributed by atoms with E-state index < -0.39 is 5.54 Å². The van der Waals surface area contributed by atoms with E-state index in [1.165, 1.54) is 11.3 Å². The molecule has 1 saturated heterocycles. The van der Waals surface area contributed by atoms with Crippen molar-refractivity contribution in [3.05, 3.63) is 44.6 Å². The van der Waals surface area contributed by atoms with Crippen LogP contribution in [0.1, 0.15) is 48.8 Å². The van der Waals surface area contributed by atoms with Crippen LogP contribution < -0.4 is 15.5 Å². The van der Waals surface area contributed by atoms with Crippen LogP contribution in [-0.4, -0.2) is 28.4 Å². The van der Waals surface area contributed by atoms with E-state index in [0.29, 0.717) is 16.6 Å². The van der Waals surface area contributed by atoms with Gasteiger partial charge in [-0.2, -0.15) is 0 Å². The molecule has 0 spiro atoms. The molecule has 5 nitrogen and oxygen atoms in total. The summed E-state index contributed by atoms with van der Waals surface area (Å²) in [6.07, 6.45) is 1.99. The van der Waals surface area contributed by atoms with Crippen LogP contribution >= 0.6 is 39.5 Å². The number of hydrogen-bond donors (Lipinski definition) is 2. The van der Waals surface area contributed by atoms with Crippen molar-refractivity contribution in [2.45, 2.75) is 52.1 Å². The maximum absolute atomic E-state index is 12.8. The van der Waals surface area contributed by atoms with Crippen molar-refractivity contribution in [3.63, 3.8) is 0 Å². The number of aryl methyl sites for hydroxylation is 1. The van der Waals surface area contributed by atoms with Gasteiger partial charge in [0.1, 0.15) is 5.54 Å². The largest absolute Gasteiger partial charge is 0.337 e. The smallest absolute Gasteiger partial charge is 0.262 e. The maximum Gasteiger partial charge on any atom is 0.262 e. The summed E-state index contributed by atoms with van der Waals surface area (Å²) in [6.45, 7) is 7.56. The number of nitrogens with zero attached hydrogens (tertiary/aromatic N) is 1. The predicted octanol–water partition coefficient (Wildman–Crippen LogP) is 5.28. The van der Waals surface area contributed by atoms with Gasteiger partial charge < -0.3 is 15.5 Å². The Labute approximate surface area is 189 Å². The van der Waals surface area contributed by atoms with E-state index in [-0.39, 0.29) is 11.8 Å². The number of thiocarbonyl (C=S) groups is 1. The highest BCUT2D eigenvalue weighted by Gasteiger charge is 2.31. The van der Waals surface area contributed by atoms with E-state index >= 15 is 0 Å². The minimum atomic E-state index is -1.06. The normalized spacial score (nSPS) is 16.8. The zero-order valence-corrected chi connectivity index (χ0v) is 20.1. The van der Waals surface area contributed by atoms with Crippen LogP contribution in [0.3, 0.4) is 0 Å². The van der Waals surface area contributed by atoms with E-state index in [1.807, 2.05) is 31.2 Å². The number of amides is 2. The molecule has 1 atom stereocenters. The van der Waals surface area contributed by atoms with Gasteiger partial charge in [0.25, 0.3) is 5.91 Å². The Hall–Kier alpha value is -1.77. The second-order valence-corrected chi connectivity index (χ2v) is 10.7. The molecular formula is C21H24BrN3O2S2. The topological polar surface area (TPSA) is 61.4 Å². The van der Waals surface area contributed by atoms with Crippen LogP contribution in [0.4, 0.5) is 11.4 Å². The first-order chi connectivity index (χ1) is 13.6. The quantitative estimate of drug-likeness (QED) is 0.556. The fourth-order valence-electron chi connectivity index (χ4n) is 3.33. The number of thiophene rings is 1. The minimum Gasteiger partial charge on any atom is -0.337 e. The van der Waals surface area contributed by atoms with Crippen LogP contribution in [-0.2, 0) is 4.79 Å². The zero-order valence-electron chi connectivity index (χ0n) is 16.8. The molecule has 2 aromatic rings. The van der Waals surface area contributed by atoms with Gasteiger partial charge in [-0.25, -0.2) is 0 Å². The fourth-order valence-corrected chi connectivity index (χ4v) is 5.01. The van der Waals surface area contributed by atoms with Crippen molar-refractivity contribution in [2.24, 2.45) is 0 Å². The van der Waals surface area contributed by atoms with E-state index in [1.54, 1.807) is 19.9 Å². The molecule has 8 heteroatoms. The Morgan fingerprint density at radius 2 is 2.00 bits per heavy atom. The van der Waals surface area contributed by atoms with Crippen LogP contribution in [0.15, 0.2) is 34.1 Å². The molecule has 1 fully saturated rings. The molecule has 2 amide bonds. The third-order valence-electron chi connectivity index (χ3n) is 4.99. The molecule has 2 heterocycles. The van der Waals surface area contributed by atoms with Gasteiger partial charge in [-0.3, -0.25) is 9.59 Å². The summed E-state index contributed by atoms with van der Waals surface area (Å²) in [6, 6.07) is 9.73. The SMILES string of the molecule is Cc1cc(NC(=O)C(C)(C)NC(=O)c2ccc(Br)s2)ccc1N1C(=S)CCC1C. The Morgan fingerprint density at radius 1 is 1.28 bits per heavy atom. The van der Waals surface area contributed by atoms with Crippen molar-refractivity contribution < 1.29 is 9.59 Å². The van der Waals surface area contributed by atoms with E-state index in [2.05, 4.69) is 38.4 Å². The predicted molar refractivity (Wildman–Crippen MR) is 127 cm³/mol. The first kappa shape index (κ1) is 21.9. The molecule has 1 aromatic carbocycles. The lowest BCUT2D eigenvalue weighted by atomic mass is 10.0. The highest BCUT2D eigenvalue weighted by atomic mass is 79.9. The van der Waals surface area contributed by atoms with E-state index in [9.17, 15) is 9.59 Å². The third kappa shape index (κ3) is 4.87. The molecule has 1 aliphatic rings. The first-order valence-corrected chi connectivity index (χ1v) is 11.4. The van der Waals surface area contributed by atoms with E-state index in [4.69, 9.17) is 12.2 Å². The average Bonchev–Trinajstić information content (AvgIpc) is 3.21. The number of hydrogen-bond acceptors (Lipinski definition) is 4. The molecule has 0 saturated carbocycles. The number of benzene rings is 1. The van der Waals surface area contributed by atoms with Crippen LogP contribution in [0.25, 0.3) is 0 Å². The second kappa shape index (κ2) is 8.53. The third-order valence-corrected chi connectivity index (χ3v) is 7.01. The highest BCUT2D eigenvalue weighted by molar-refractivity contribution is 9.11. The number of carbonyl (C=O) groups excluding carboxylic acids is 2. The molecule has 0 aliphatic carbocycles. The van der Waals surface area contributed by atoms with Gasteiger partial charge in [0.05, 0.1) is 13.7 Å². The average molecular weight is 494 g/mol. The molecule has 1 aliphatic heterocycles. The van der Waals surface area contributed by atoms with Crippen LogP contribution in [0, 0.1) is 6.92 Å². The van der Waals surface area contributed by atoms with Crippen LogP contribution in [0.5, 0.6) is 0 Å². The number of rotatable bonds is 5. The zero-order chi connectivity index (χ0) is 21.3. The minimum absolute atomic E-state index is 0.274. The lowest BCUT2D eigenvalue weighted by Crippen LogP contribution is -2.52. The molecular weight excluding hydrogens is 470 g/mol. The molecule has 0 bridgehead atoms. The van der Waals surface area contributed by atoms with Gasteiger partial charge in [-0.05, 0) is 85.9 Å². The summed E-state index contributed by atoms with van der Waals surface area (Å²) in [4.78, 5) is 28.9. The van der Waals surface area contributed by atoms with Gasteiger partial charge >= 0.3 is 0 Å². The van der Waals surface area contributed by atoms with Gasteiger partial charge in [-0.1, -0.05) is 12.2 Å². The molecule has 154 valence electrons. The lowest BCUT2D eigenvalue weighted by molar-refractivity contribution is -0.120. The number of nitrogens with one attached hydrogen (secondary N) is 2. The number of anilines is 2. The summed E-state index contributed by atoms with van der Waals surface area (Å²) in [7, 11) is 0. The Balaban J connectivity index is 1.70. The lowest BCUT2D eigenvalue weighted by Gasteiger charge is -2.27. The fraction of sp³-hybridized carbons (Fsp3) is 0.381. The summed E-state index contributed by atoms with van der Waals surface area (Å²) in [5, 5.41) is 5.72. The van der Waals surface area contributed by atoms with Crippen molar-refractivity contribution in [1.82, 2.24) is 5.32 Å². The van der Waals surface area contributed by atoms with Crippen molar-refractivity contribution in [3.8, 4) is 0 Å². The Kier molecular flexibility index (Phi) is 6.45. The summed E-state index contributed by atoms with van der Waals surface area (Å²) >= 11 is 10.2. The molecule has 29 heavy (non-hydrogen) atoms. The maximum atomic E-state index is 12.8. The van der Waals surface area contributed by atoms with Crippen molar-refractivity contribution >= 4 is 67.7 Å². The van der Waals surface area contributed by atoms with Crippen molar-refractivity contribution in [2.75, 3.05) is 10.2 Å². The molecule has 3 rings (SSSR count). The summed E-state index contributed by atoms with van der Waals surface area (Å²) < 4.78 is 0.868. The van der Waals surface area contributed by atoms with Gasteiger partial charge in [0, 0.05) is 23.8 Å². The van der Waals surface area contributed by atoms with Crippen LogP contribution in [0.2, 0.25) is 0 Å². The molecule has 1 aromatic heterocycles. The molecule has 1 unspecified atom stereocenters. The summed E-state index contributed by atoms with van der Waals surface area (Å²) in [5.41, 5.74) is 1.75. The first-order valence-electron chi connectivity index (χ1n) is 9.40. The number of halogens is 1. The van der Waals surface area contributed by atoms with Gasteiger partial charge in [0.2, 0.25) is 5.91 Å². The molecule has 0 radical (unpaired) electrons. The Bertz CT molecular complexity index is 971. The number of carbonyl (C=O) groups is 2. The monoisotopic (exact) mass is 493 g/mol. The van der Waals surface area contributed by atoms with Gasteiger partial charge in [-0.15, -0.1) is 11.3 Å². The Morgan fingerprint density at radius 3 is 2.55 bits per heavy atom. The second-order valence-electron chi connectivity index (χ2n) is 7.79.